The summed E-state index contributed by atoms with van der Waals surface area (Å²) in [6.07, 6.45) is 3.46. The summed E-state index contributed by atoms with van der Waals surface area (Å²) in [5.41, 5.74) is 6.67. The lowest BCUT2D eigenvalue weighted by Gasteiger charge is -1.95. The van der Waals surface area contributed by atoms with Gasteiger partial charge in [0.05, 0.1) is 12.5 Å². The molecule has 0 aliphatic heterocycles. The zero-order valence-electron chi connectivity index (χ0n) is 6.08. The van der Waals surface area contributed by atoms with E-state index in [1.165, 1.54) is 0 Å². The molecule has 0 aliphatic carbocycles. The molecule has 0 aliphatic rings. The first-order valence-corrected chi connectivity index (χ1v) is 3.55. The normalized spacial score (nSPS) is 10.6. The molecule has 0 amide bonds. The maximum atomic E-state index is 5.53. The minimum atomic E-state index is 0.566. The van der Waals surface area contributed by atoms with E-state index in [0.29, 0.717) is 6.54 Å². The number of furan rings is 1. The molecule has 0 radical (unpaired) electrons. The number of hydrogen-bond donors (Lipinski definition) is 1. The Morgan fingerprint density at radius 3 is 3.00 bits per heavy atom. The van der Waals surface area contributed by atoms with Gasteiger partial charge < -0.3 is 10.2 Å². The van der Waals surface area contributed by atoms with Crippen LogP contribution >= 0.6 is 0 Å². The van der Waals surface area contributed by atoms with Crippen LogP contribution in [-0.4, -0.2) is 0 Å². The summed E-state index contributed by atoms with van der Waals surface area (Å²) in [6, 6.07) is 6.01. The SMILES string of the molecule is NCc1cccc2cocc12. The van der Waals surface area contributed by atoms with Crippen LogP contribution in [0, 0.1) is 0 Å². The van der Waals surface area contributed by atoms with Crippen molar-refractivity contribution in [2.24, 2.45) is 5.73 Å². The van der Waals surface area contributed by atoms with Crippen molar-refractivity contribution in [3.8, 4) is 0 Å². The number of benzene rings is 1. The summed E-state index contributed by atoms with van der Waals surface area (Å²) in [5.74, 6) is 0. The third-order valence-electron chi connectivity index (χ3n) is 1.83. The molecule has 56 valence electrons. The second-order valence-electron chi connectivity index (χ2n) is 2.50. The Kier molecular flexibility index (Phi) is 1.40. The number of hydrogen-bond acceptors (Lipinski definition) is 2. The Hall–Kier alpha value is -1.28. The minimum absolute atomic E-state index is 0.566. The van der Waals surface area contributed by atoms with Crippen LogP contribution in [0.5, 0.6) is 0 Å². The lowest BCUT2D eigenvalue weighted by Crippen LogP contribution is -1.95. The number of nitrogens with two attached hydrogens (primary N) is 1. The molecular formula is C9H9NO. The van der Waals surface area contributed by atoms with Gasteiger partial charge in [-0.15, -0.1) is 0 Å². The molecule has 2 N–H and O–H groups in total. The average molecular weight is 147 g/mol. The molecule has 1 aromatic heterocycles. The van der Waals surface area contributed by atoms with Crippen LogP contribution in [-0.2, 0) is 6.54 Å². The fraction of sp³-hybridized carbons (Fsp3) is 0.111. The topological polar surface area (TPSA) is 39.2 Å². The van der Waals surface area contributed by atoms with E-state index in [9.17, 15) is 0 Å². The van der Waals surface area contributed by atoms with Crippen molar-refractivity contribution < 1.29 is 4.42 Å². The van der Waals surface area contributed by atoms with Crippen molar-refractivity contribution in [1.29, 1.82) is 0 Å². The van der Waals surface area contributed by atoms with E-state index in [1.807, 2.05) is 18.2 Å². The Morgan fingerprint density at radius 1 is 1.27 bits per heavy atom. The van der Waals surface area contributed by atoms with Gasteiger partial charge in [-0.05, 0) is 5.56 Å². The van der Waals surface area contributed by atoms with E-state index >= 15 is 0 Å². The highest BCUT2D eigenvalue weighted by molar-refractivity contribution is 5.84. The quantitative estimate of drug-likeness (QED) is 0.669. The summed E-state index contributed by atoms with van der Waals surface area (Å²) in [7, 11) is 0. The molecule has 1 heterocycles. The molecule has 0 saturated heterocycles. The number of rotatable bonds is 1. The molecule has 2 nitrogen and oxygen atoms in total. The van der Waals surface area contributed by atoms with Crippen molar-refractivity contribution >= 4 is 10.8 Å². The van der Waals surface area contributed by atoms with E-state index in [-0.39, 0.29) is 0 Å². The summed E-state index contributed by atoms with van der Waals surface area (Å²) in [5, 5.41) is 2.24. The lowest BCUT2D eigenvalue weighted by atomic mass is 10.1. The molecule has 0 fully saturated rings. The van der Waals surface area contributed by atoms with E-state index in [2.05, 4.69) is 0 Å². The molecular weight excluding hydrogens is 138 g/mol. The summed E-state index contributed by atoms with van der Waals surface area (Å²) in [6.45, 7) is 0.566. The first kappa shape index (κ1) is 6.43. The molecule has 0 atom stereocenters. The maximum absolute atomic E-state index is 5.53. The van der Waals surface area contributed by atoms with Gasteiger partial charge >= 0.3 is 0 Å². The molecule has 2 rings (SSSR count). The Balaban J connectivity index is 2.79. The predicted octanol–water partition coefficient (Wildman–Crippen LogP) is 1.89. The molecule has 0 bridgehead atoms. The van der Waals surface area contributed by atoms with Crippen LogP contribution in [0.15, 0.2) is 35.1 Å². The van der Waals surface area contributed by atoms with Crippen molar-refractivity contribution in [2.75, 3.05) is 0 Å². The van der Waals surface area contributed by atoms with Crippen molar-refractivity contribution in [2.45, 2.75) is 6.54 Å². The smallest absolute Gasteiger partial charge is 0.0984 e. The third kappa shape index (κ3) is 0.917. The van der Waals surface area contributed by atoms with Crippen LogP contribution in [0.1, 0.15) is 5.56 Å². The van der Waals surface area contributed by atoms with Crippen molar-refractivity contribution in [1.82, 2.24) is 0 Å². The van der Waals surface area contributed by atoms with Gasteiger partial charge in [-0.1, -0.05) is 18.2 Å². The molecule has 2 aromatic rings. The van der Waals surface area contributed by atoms with Gasteiger partial charge in [0, 0.05) is 17.3 Å². The van der Waals surface area contributed by atoms with Crippen LogP contribution < -0.4 is 5.73 Å². The van der Waals surface area contributed by atoms with Crippen molar-refractivity contribution in [3.05, 3.63) is 36.3 Å². The second kappa shape index (κ2) is 2.40. The average Bonchev–Trinajstić information content (AvgIpc) is 2.50. The number of fused-ring (bicyclic) bond motifs is 1. The van der Waals surface area contributed by atoms with E-state index in [1.54, 1.807) is 12.5 Å². The van der Waals surface area contributed by atoms with Gasteiger partial charge in [0.15, 0.2) is 0 Å². The summed E-state index contributed by atoms with van der Waals surface area (Å²) < 4.78 is 5.05. The van der Waals surface area contributed by atoms with Crippen LogP contribution in [0.4, 0.5) is 0 Å². The summed E-state index contributed by atoms with van der Waals surface area (Å²) >= 11 is 0. The zero-order chi connectivity index (χ0) is 7.68. The maximum Gasteiger partial charge on any atom is 0.0984 e. The largest absolute Gasteiger partial charge is 0.471 e. The second-order valence-corrected chi connectivity index (χ2v) is 2.50. The van der Waals surface area contributed by atoms with Gasteiger partial charge in [-0.3, -0.25) is 0 Å². The summed E-state index contributed by atoms with van der Waals surface area (Å²) in [4.78, 5) is 0. The zero-order valence-corrected chi connectivity index (χ0v) is 6.08. The third-order valence-corrected chi connectivity index (χ3v) is 1.83. The van der Waals surface area contributed by atoms with E-state index in [4.69, 9.17) is 10.2 Å². The fourth-order valence-corrected chi connectivity index (χ4v) is 1.23. The van der Waals surface area contributed by atoms with Crippen molar-refractivity contribution in [3.63, 3.8) is 0 Å². The molecule has 11 heavy (non-hydrogen) atoms. The van der Waals surface area contributed by atoms with Gasteiger partial charge in [0.25, 0.3) is 0 Å². The highest BCUT2D eigenvalue weighted by Crippen LogP contribution is 2.18. The van der Waals surface area contributed by atoms with Gasteiger partial charge in [-0.25, -0.2) is 0 Å². The molecule has 0 unspecified atom stereocenters. The highest BCUT2D eigenvalue weighted by atomic mass is 16.3. The van der Waals surface area contributed by atoms with Gasteiger partial charge in [-0.2, -0.15) is 0 Å². The monoisotopic (exact) mass is 147 g/mol. The lowest BCUT2D eigenvalue weighted by molar-refractivity contribution is 0.572. The van der Waals surface area contributed by atoms with Gasteiger partial charge in [0.1, 0.15) is 0 Å². The first-order valence-electron chi connectivity index (χ1n) is 3.55. The van der Waals surface area contributed by atoms with Gasteiger partial charge in [0.2, 0.25) is 0 Å². The van der Waals surface area contributed by atoms with E-state index < -0.39 is 0 Å². The first-order chi connectivity index (χ1) is 5.42. The Morgan fingerprint density at radius 2 is 2.18 bits per heavy atom. The minimum Gasteiger partial charge on any atom is -0.471 e. The molecule has 1 aromatic carbocycles. The molecule has 0 spiro atoms. The van der Waals surface area contributed by atoms with Crippen LogP contribution in [0.3, 0.4) is 0 Å². The highest BCUT2D eigenvalue weighted by Gasteiger charge is 1.98. The molecule has 2 heteroatoms. The Labute approximate surface area is 64.6 Å². The van der Waals surface area contributed by atoms with Crippen LogP contribution in [0.25, 0.3) is 10.8 Å². The van der Waals surface area contributed by atoms with E-state index in [0.717, 1.165) is 16.3 Å². The van der Waals surface area contributed by atoms with Crippen LogP contribution in [0.2, 0.25) is 0 Å². The standard InChI is InChI=1S/C9H9NO/c10-4-7-2-1-3-8-5-11-6-9(7)8/h1-3,5-6H,4,10H2. The molecule has 0 saturated carbocycles. The Bertz CT molecular complexity index is 364. The fourth-order valence-electron chi connectivity index (χ4n) is 1.23. The predicted molar refractivity (Wildman–Crippen MR) is 44.1 cm³/mol.